The number of hydrogen-bond donors (Lipinski definition) is 2. The minimum absolute atomic E-state index is 0.0162. The van der Waals surface area contributed by atoms with Gasteiger partial charge < -0.3 is 19.7 Å². The molecule has 3 aromatic rings. The number of imidazole rings is 1. The number of aromatic nitrogens is 5. The lowest BCUT2D eigenvalue weighted by Crippen LogP contribution is -2.40. The van der Waals surface area contributed by atoms with E-state index >= 15 is 0 Å². The lowest BCUT2D eigenvalue weighted by Gasteiger charge is -2.30. The minimum atomic E-state index is -3.28. The van der Waals surface area contributed by atoms with Gasteiger partial charge in [0, 0.05) is 25.2 Å². The molecule has 0 atom stereocenters. The van der Waals surface area contributed by atoms with E-state index in [2.05, 4.69) is 30.0 Å². The van der Waals surface area contributed by atoms with Crippen molar-refractivity contribution >= 4 is 33.0 Å². The van der Waals surface area contributed by atoms with Crippen molar-refractivity contribution in [1.29, 1.82) is 0 Å². The number of methoxy groups -OCH3 is 1. The Morgan fingerprint density at radius 3 is 2.37 bits per heavy atom. The molecule has 2 N–H and O–H groups in total. The first-order valence-electron chi connectivity index (χ1n) is 12.4. The van der Waals surface area contributed by atoms with Crippen LogP contribution in [0, 0.1) is 0 Å². The molecule has 0 spiro atoms. The molecule has 38 heavy (non-hydrogen) atoms. The first-order valence-corrected chi connectivity index (χ1v) is 14.3. The van der Waals surface area contributed by atoms with Gasteiger partial charge in [-0.1, -0.05) is 6.07 Å². The molecule has 1 aromatic carbocycles. The van der Waals surface area contributed by atoms with Gasteiger partial charge in [-0.15, -0.1) is 0 Å². The van der Waals surface area contributed by atoms with E-state index in [9.17, 15) is 17.2 Å². The molecule has 0 bridgehead atoms. The monoisotopic (exact) mass is 552 g/mol. The zero-order valence-corrected chi connectivity index (χ0v) is 21.9. The Bertz CT molecular complexity index is 1390. The molecule has 0 amide bonds. The summed E-state index contributed by atoms with van der Waals surface area (Å²) in [7, 11) is -1.83. The number of nitrogens with zero attached hydrogens (tertiary/aromatic N) is 6. The third-order valence-corrected chi connectivity index (χ3v) is 7.40. The Hall–Kier alpha value is -3.17. The maximum absolute atomic E-state index is 14.2. The van der Waals surface area contributed by atoms with Crippen LogP contribution in [0.3, 0.4) is 0 Å². The number of sulfonamides is 1. The predicted octanol–water partition coefficient (Wildman–Crippen LogP) is 2.27. The van der Waals surface area contributed by atoms with E-state index in [0.717, 1.165) is 6.26 Å². The van der Waals surface area contributed by atoms with Crippen LogP contribution >= 0.6 is 0 Å². The molecule has 5 rings (SSSR count). The van der Waals surface area contributed by atoms with Gasteiger partial charge in [-0.2, -0.15) is 15.0 Å². The molecule has 1 aliphatic heterocycles. The number of rotatable bonds is 8. The summed E-state index contributed by atoms with van der Waals surface area (Å²) in [6.45, 7) is 2.08. The zero-order chi connectivity index (χ0) is 26.9. The number of fused-ring (bicyclic) bond motifs is 1. The molecule has 1 saturated carbocycles. The van der Waals surface area contributed by atoms with Gasteiger partial charge in [-0.05, 0) is 37.8 Å². The summed E-state index contributed by atoms with van der Waals surface area (Å²) in [6.07, 6.45) is 0.953. The summed E-state index contributed by atoms with van der Waals surface area (Å²) in [5, 5.41) is 3.32. The quantitative estimate of drug-likeness (QED) is 0.428. The summed E-state index contributed by atoms with van der Waals surface area (Å²) in [6, 6.07) is 4.87. The first-order chi connectivity index (χ1) is 18.2. The van der Waals surface area contributed by atoms with Gasteiger partial charge in [-0.25, -0.2) is 26.9 Å². The van der Waals surface area contributed by atoms with Gasteiger partial charge in [0.05, 0.1) is 32.1 Å². The highest BCUT2D eigenvalue weighted by molar-refractivity contribution is 7.88. The van der Waals surface area contributed by atoms with E-state index in [4.69, 9.17) is 9.47 Å². The van der Waals surface area contributed by atoms with E-state index in [1.54, 1.807) is 18.2 Å². The fraction of sp³-hybridized carbons (Fsp3) is 0.565. The Labute approximate surface area is 218 Å². The lowest BCUT2D eigenvalue weighted by molar-refractivity contribution is 0.122. The molecule has 1 aliphatic carbocycles. The maximum Gasteiger partial charge on any atom is 0.296 e. The summed E-state index contributed by atoms with van der Waals surface area (Å²) in [5.41, 5.74) is 0.668. The average molecular weight is 553 g/mol. The van der Waals surface area contributed by atoms with Crippen molar-refractivity contribution in [3.05, 3.63) is 24.0 Å². The Balaban J connectivity index is 1.51. The number of ether oxygens (including phenoxy) is 2. The zero-order valence-electron chi connectivity index (χ0n) is 21.1. The van der Waals surface area contributed by atoms with Crippen LogP contribution < -0.4 is 19.7 Å². The van der Waals surface area contributed by atoms with Gasteiger partial charge in [0.25, 0.3) is 6.43 Å². The van der Waals surface area contributed by atoms with E-state index in [0.29, 0.717) is 69.2 Å². The fourth-order valence-electron chi connectivity index (χ4n) is 4.88. The van der Waals surface area contributed by atoms with Gasteiger partial charge in [0.1, 0.15) is 11.3 Å². The number of para-hydroxylation sites is 1. The predicted molar refractivity (Wildman–Crippen MR) is 137 cm³/mol. The fourth-order valence-corrected chi connectivity index (χ4v) is 5.72. The SMILES string of the molecule is COc1cccc2c1nc(C(F)F)n2-c1nc(N[C@H]2CC[C@H](NS(C)(=O)=O)CC2)nc(N2CCOCC2)n1. The van der Waals surface area contributed by atoms with Crippen LogP contribution in [-0.4, -0.2) is 84.7 Å². The molecule has 2 aliphatic rings. The van der Waals surface area contributed by atoms with E-state index in [1.165, 1.54) is 11.7 Å². The number of anilines is 2. The number of alkyl halides is 2. The summed E-state index contributed by atoms with van der Waals surface area (Å²) in [4.78, 5) is 19.8. The van der Waals surface area contributed by atoms with Crippen LogP contribution in [0.2, 0.25) is 0 Å². The highest BCUT2D eigenvalue weighted by Crippen LogP contribution is 2.32. The Kier molecular flexibility index (Phi) is 7.59. The maximum atomic E-state index is 14.2. The number of nitrogens with one attached hydrogen (secondary N) is 2. The van der Waals surface area contributed by atoms with Crippen molar-refractivity contribution < 1.29 is 26.7 Å². The van der Waals surface area contributed by atoms with E-state index < -0.39 is 22.3 Å². The van der Waals surface area contributed by atoms with Gasteiger partial charge >= 0.3 is 0 Å². The van der Waals surface area contributed by atoms with Crippen LogP contribution in [0.25, 0.3) is 17.0 Å². The highest BCUT2D eigenvalue weighted by atomic mass is 32.2. The summed E-state index contributed by atoms with van der Waals surface area (Å²) < 4.78 is 66.2. The van der Waals surface area contributed by atoms with Crippen LogP contribution in [0.15, 0.2) is 18.2 Å². The Morgan fingerprint density at radius 1 is 1.03 bits per heavy atom. The van der Waals surface area contributed by atoms with Crippen molar-refractivity contribution in [2.24, 2.45) is 0 Å². The topological polar surface area (TPSA) is 136 Å². The molecule has 2 aromatic heterocycles. The normalized spacial score (nSPS) is 20.7. The molecule has 3 heterocycles. The second-order valence-corrected chi connectivity index (χ2v) is 11.2. The lowest BCUT2D eigenvalue weighted by atomic mass is 9.92. The third-order valence-electron chi connectivity index (χ3n) is 6.64. The summed E-state index contributed by atoms with van der Waals surface area (Å²) in [5.74, 6) is 0.479. The van der Waals surface area contributed by atoms with Crippen LogP contribution in [0.4, 0.5) is 20.7 Å². The number of halogens is 2. The van der Waals surface area contributed by atoms with Crippen molar-refractivity contribution in [1.82, 2.24) is 29.2 Å². The number of morpholine rings is 1. The molecular formula is C23H30F2N8O4S. The van der Waals surface area contributed by atoms with Crippen molar-refractivity contribution in [3.8, 4) is 11.7 Å². The number of hydrogen-bond acceptors (Lipinski definition) is 10. The minimum Gasteiger partial charge on any atom is -0.494 e. The van der Waals surface area contributed by atoms with Crippen LogP contribution in [0.5, 0.6) is 5.75 Å². The van der Waals surface area contributed by atoms with Crippen molar-refractivity contribution in [2.45, 2.75) is 44.2 Å². The molecule has 1 saturated heterocycles. The standard InChI is InChI=1S/C23H30F2N8O4S/c1-36-17-5-3-4-16-18(17)27-20(19(24)25)33(16)23-29-21(28-22(30-23)32-10-12-37-13-11-32)26-14-6-8-15(9-7-14)31-38(2,34)35/h3-5,14-15,19,31H,6-13H2,1-2H3,(H,26,28,29,30)/t14-,15-. The van der Waals surface area contributed by atoms with E-state index in [1.807, 2.05) is 4.90 Å². The van der Waals surface area contributed by atoms with Crippen LogP contribution in [0.1, 0.15) is 37.9 Å². The second-order valence-electron chi connectivity index (χ2n) is 9.38. The molecule has 15 heteroatoms. The summed E-state index contributed by atoms with van der Waals surface area (Å²) >= 11 is 0. The smallest absolute Gasteiger partial charge is 0.296 e. The largest absolute Gasteiger partial charge is 0.494 e. The molecule has 0 unspecified atom stereocenters. The number of benzene rings is 1. The molecule has 0 radical (unpaired) electrons. The Morgan fingerprint density at radius 2 is 1.71 bits per heavy atom. The molecule has 2 fully saturated rings. The molecule has 12 nitrogen and oxygen atoms in total. The van der Waals surface area contributed by atoms with Crippen molar-refractivity contribution in [2.75, 3.05) is 49.9 Å². The van der Waals surface area contributed by atoms with Gasteiger partial charge in [0.15, 0.2) is 5.82 Å². The van der Waals surface area contributed by atoms with Crippen LogP contribution in [-0.2, 0) is 14.8 Å². The van der Waals surface area contributed by atoms with E-state index in [-0.39, 0.29) is 29.5 Å². The average Bonchev–Trinajstić information content (AvgIpc) is 3.30. The molecular weight excluding hydrogens is 522 g/mol. The third kappa shape index (κ3) is 5.78. The van der Waals surface area contributed by atoms with Gasteiger partial charge in [0.2, 0.25) is 27.9 Å². The second kappa shape index (κ2) is 10.9. The highest BCUT2D eigenvalue weighted by Gasteiger charge is 2.27. The molecule has 206 valence electrons. The van der Waals surface area contributed by atoms with Gasteiger partial charge in [-0.3, -0.25) is 4.57 Å². The van der Waals surface area contributed by atoms with Crippen molar-refractivity contribution in [3.63, 3.8) is 0 Å². The first kappa shape index (κ1) is 26.4.